The smallest absolute Gasteiger partial charge is 0.0826 e. The summed E-state index contributed by atoms with van der Waals surface area (Å²) in [6, 6.07) is 0.181. The van der Waals surface area contributed by atoms with E-state index in [0.717, 1.165) is 0 Å². The van der Waals surface area contributed by atoms with E-state index in [0.29, 0.717) is 0 Å². The quantitative estimate of drug-likeness (QED) is 0.358. The van der Waals surface area contributed by atoms with E-state index in [2.05, 4.69) is 0 Å². The lowest BCUT2D eigenvalue weighted by atomic mass is 10.4. The van der Waals surface area contributed by atoms with Gasteiger partial charge in [0.05, 0.1) is 20.1 Å². The van der Waals surface area contributed by atoms with Crippen molar-refractivity contribution in [1.29, 1.82) is 0 Å². The van der Waals surface area contributed by atoms with Crippen LogP contribution in [0.25, 0.3) is 0 Å². The van der Waals surface area contributed by atoms with Gasteiger partial charge in [-0.15, -0.1) is 0 Å². The fourth-order valence-electron chi connectivity index (χ4n) is 0. The van der Waals surface area contributed by atoms with E-state index < -0.39 is 0 Å². The summed E-state index contributed by atoms with van der Waals surface area (Å²) < 4.78 is -0.194. The largest absolute Gasteiger partial charge is 0.633 e. The molecular weight excluding hydrogens is 90.1 g/mol. The van der Waals surface area contributed by atoms with Crippen LogP contribution in [-0.2, 0) is 0 Å². The van der Waals surface area contributed by atoms with Crippen LogP contribution in [0.4, 0.5) is 0 Å². The van der Waals surface area contributed by atoms with Gasteiger partial charge in [-0.25, -0.2) is 0 Å². The molecule has 0 N–H and O–H groups in total. The van der Waals surface area contributed by atoms with Crippen LogP contribution in [0.15, 0.2) is 0 Å². The van der Waals surface area contributed by atoms with E-state index in [1.807, 2.05) is 13.8 Å². The second-order valence-electron chi connectivity index (χ2n) is 2.53. The molecule has 7 heavy (non-hydrogen) atoms. The Bertz CT molecular complexity index is 53.6. The van der Waals surface area contributed by atoms with E-state index in [9.17, 15) is 5.21 Å². The van der Waals surface area contributed by atoms with Crippen LogP contribution < -0.4 is 0 Å². The first kappa shape index (κ1) is 6.92. The van der Waals surface area contributed by atoms with Crippen molar-refractivity contribution in [2.45, 2.75) is 19.9 Å². The number of hydroxylamine groups is 3. The highest BCUT2D eigenvalue weighted by Crippen LogP contribution is 1.99. The zero-order valence-corrected chi connectivity index (χ0v) is 5.43. The fourth-order valence-corrected chi connectivity index (χ4v) is 0. The van der Waals surface area contributed by atoms with Gasteiger partial charge < -0.3 is 9.85 Å². The van der Waals surface area contributed by atoms with E-state index in [4.69, 9.17) is 0 Å². The first-order chi connectivity index (χ1) is 2.94. The summed E-state index contributed by atoms with van der Waals surface area (Å²) in [4.78, 5) is 0. The van der Waals surface area contributed by atoms with Crippen LogP contribution in [-0.4, -0.2) is 24.8 Å². The molecule has 44 valence electrons. The SMILES string of the molecule is CC(C)[N+](C)(C)[O-]. The molecule has 0 saturated carbocycles. The van der Waals surface area contributed by atoms with Crippen LogP contribution in [0.1, 0.15) is 13.8 Å². The Balaban J connectivity index is 3.54. The van der Waals surface area contributed by atoms with Crippen molar-refractivity contribution >= 4 is 0 Å². The summed E-state index contributed by atoms with van der Waals surface area (Å²) in [5.74, 6) is 0. The van der Waals surface area contributed by atoms with Crippen molar-refractivity contribution in [3.05, 3.63) is 5.21 Å². The molecule has 0 unspecified atom stereocenters. The molecule has 0 fully saturated rings. The minimum Gasteiger partial charge on any atom is -0.633 e. The van der Waals surface area contributed by atoms with Gasteiger partial charge in [-0.2, -0.15) is 0 Å². The maximum Gasteiger partial charge on any atom is 0.0826 e. The fraction of sp³-hybridized carbons (Fsp3) is 1.00. The molecule has 2 heteroatoms. The van der Waals surface area contributed by atoms with E-state index in [1.54, 1.807) is 14.1 Å². The molecule has 0 heterocycles. The Morgan fingerprint density at radius 3 is 1.43 bits per heavy atom. The van der Waals surface area contributed by atoms with E-state index in [1.165, 1.54) is 0 Å². The average molecular weight is 103 g/mol. The van der Waals surface area contributed by atoms with Gasteiger partial charge in [-0.05, 0) is 13.8 Å². The molecule has 0 aromatic heterocycles. The van der Waals surface area contributed by atoms with Gasteiger partial charge >= 0.3 is 0 Å². The van der Waals surface area contributed by atoms with Crippen molar-refractivity contribution < 1.29 is 4.65 Å². The first-order valence-electron chi connectivity index (χ1n) is 2.49. The molecule has 0 rings (SSSR count). The summed E-state index contributed by atoms with van der Waals surface area (Å²) in [5.41, 5.74) is 0. The monoisotopic (exact) mass is 103 g/mol. The van der Waals surface area contributed by atoms with Gasteiger partial charge in [0.15, 0.2) is 0 Å². The molecular formula is C5H13NO. The number of hydrogen-bond acceptors (Lipinski definition) is 1. The minimum atomic E-state index is -0.194. The highest BCUT2D eigenvalue weighted by Gasteiger charge is 2.04. The molecule has 2 nitrogen and oxygen atoms in total. The maximum absolute atomic E-state index is 10.7. The van der Waals surface area contributed by atoms with Gasteiger partial charge in [-0.3, -0.25) is 0 Å². The lowest BCUT2D eigenvalue weighted by Crippen LogP contribution is -2.39. The Morgan fingerprint density at radius 2 is 1.43 bits per heavy atom. The maximum atomic E-state index is 10.7. The summed E-state index contributed by atoms with van der Waals surface area (Å²) in [7, 11) is 3.29. The second kappa shape index (κ2) is 1.80. The van der Waals surface area contributed by atoms with Gasteiger partial charge in [0, 0.05) is 0 Å². The van der Waals surface area contributed by atoms with Crippen molar-refractivity contribution in [3.8, 4) is 0 Å². The zero-order valence-electron chi connectivity index (χ0n) is 5.43. The molecule has 0 atom stereocenters. The molecule has 0 aliphatic rings. The van der Waals surface area contributed by atoms with Crippen molar-refractivity contribution in [2.75, 3.05) is 14.1 Å². The third-order valence-corrected chi connectivity index (χ3v) is 1.24. The predicted molar refractivity (Wildman–Crippen MR) is 30.6 cm³/mol. The third kappa shape index (κ3) is 2.60. The summed E-state index contributed by atoms with van der Waals surface area (Å²) >= 11 is 0. The van der Waals surface area contributed by atoms with Crippen molar-refractivity contribution in [3.63, 3.8) is 0 Å². The molecule has 0 spiro atoms. The third-order valence-electron chi connectivity index (χ3n) is 1.24. The van der Waals surface area contributed by atoms with E-state index >= 15 is 0 Å². The number of quaternary nitrogens is 1. The topological polar surface area (TPSA) is 23.1 Å². The normalized spacial score (nSPS) is 12.9. The standard InChI is InChI=1S/C5H13NO/c1-5(2)6(3,4)7/h5H,1-4H3. The number of nitrogens with zero attached hydrogens (tertiary/aromatic N) is 1. The Kier molecular flexibility index (Phi) is 1.78. The molecule has 0 aliphatic heterocycles. The molecule has 0 saturated heterocycles. The van der Waals surface area contributed by atoms with Gasteiger partial charge in [0.25, 0.3) is 0 Å². The van der Waals surface area contributed by atoms with Crippen LogP contribution >= 0.6 is 0 Å². The molecule has 0 bridgehead atoms. The summed E-state index contributed by atoms with van der Waals surface area (Å²) in [6.07, 6.45) is 0. The average Bonchev–Trinajstić information content (AvgIpc) is 1.31. The Hall–Kier alpha value is -0.0800. The first-order valence-corrected chi connectivity index (χ1v) is 2.49. The van der Waals surface area contributed by atoms with Gasteiger partial charge in [-0.1, -0.05) is 0 Å². The summed E-state index contributed by atoms with van der Waals surface area (Å²) in [5, 5.41) is 10.7. The molecule has 0 radical (unpaired) electrons. The predicted octanol–water partition coefficient (Wildman–Crippen LogP) is 0.969. The molecule has 0 amide bonds. The lowest BCUT2D eigenvalue weighted by Gasteiger charge is -2.38. The highest BCUT2D eigenvalue weighted by molar-refractivity contribution is 4.36. The highest BCUT2D eigenvalue weighted by atomic mass is 16.5. The van der Waals surface area contributed by atoms with Crippen molar-refractivity contribution in [1.82, 2.24) is 0 Å². The van der Waals surface area contributed by atoms with Crippen molar-refractivity contribution in [2.24, 2.45) is 0 Å². The van der Waals surface area contributed by atoms with Crippen LogP contribution in [0, 0.1) is 5.21 Å². The van der Waals surface area contributed by atoms with Crippen LogP contribution in [0.2, 0.25) is 0 Å². The van der Waals surface area contributed by atoms with Crippen LogP contribution in [0.3, 0.4) is 0 Å². The number of rotatable bonds is 1. The Labute approximate surface area is 44.9 Å². The van der Waals surface area contributed by atoms with E-state index in [-0.39, 0.29) is 10.7 Å². The Morgan fingerprint density at radius 1 is 1.29 bits per heavy atom. The lowest BCUT2D eigenvalue weighted by molar-refractivity contribution is -0.862. The van der Waals surface area contributed by atoms with Gasteiger partial charge in [0.2, 0.25) is 0 Å². The zero-order chi connectivity index (χ0) is 6.08. The second-order valence-corrected chi connectivity index (χ2v) is 2.53. The molecule has 0 aromatic rings. The minimum absolute atomic E-state index is 0.181. The van der Waals surface area contributed by atoms with Crippen LogP contribution in [0.5, 0.6) is 0 Å². The van der Waals surface area contributed by atoms with Gasteiger partial charge in [0.1, 0.15) is 0 Å². The molecule has 0 aromatic carbocycles. The molecule has 0 aliphatic carbocycles. The number of hydrogen-bond donors (Lipinski definition) is 0. The summed E-state index contributed by atoms with van der Waals surface area (Å²) in [6.45, 7) is 3.82.